The molecule has 4 nitrogen and oxygen atoms in total. The first-order valence-corrected chi connectivity index (χ1v) is 10.2. The van der Waals surface area contributed by atoms with Gasteiger partial charge in [-0.15, -0.1) is 0 Å². The number of alkyl halides is 2. The van der Waals surface area contributed by atoms with Crippen LogP contribution in [0.1, 0.15) is 30.9 Å². The summed E-state index contributed by atoms with van der Waals surface area (Å²) in [6.07, 6.45) is -0.822. The second-order valence-corrected chi connectivity index (χ2v) is 7.78. The van der Waals surface area contributed by atoms with Crippen LogP contribution in [0.4, 0.5) is 14.5 Å². The number of carbonyl (C=O) groups excluding carboxylic acids is 1. The lowest BCUT2D eigenvalue weighted by Crippen LogP contribution is -2.30. The zero-order valence-electron chi connectivity index (χ0n) is 16.4. The zero-order chi connectivity index (χ0) is 21.0. The van der Waals surface area contributed by atoms with E-state index in [4.69, 9.17) is 4.74 Å². The molecule has 0 aliphatic carbocycles. The van der Waals surface area contributed by atoms with Gasteiger partial charge in [-0.2, -0.15) is 0 Å². The average Bonchev–Trinajstić information content (AvgIpc) is 3.02. The van der Waals surface area contributed by atoms with E-state index < -0.39 is 12.2 Å². The average molecular weight is 416 g/mol. The van der Waals surface area contributed by atoms with Crippen molar-refractivity contribution in [3.8, 4) is 5.75 Å². The van der Waals surface area contributed by atoms with Gasteiger partial charge in [-0.3, -0.25) is 9.69 Å². The first-order chi connectivity index (χ1) is 13.9. The highest BCUT2D eigenvalue weighted by Crippen LogP contribution is 2.32. The standard InChI is InChI=1S/C22H22F2N2O2S/c1-14(2)16-9-7-15(8-10-16)11-19-21(27)26(22(25-19)29-13-20(23)24)17-5-4-6-18(12-17)28-3/h4-12,14,20H,13H2,1-3H3. The predicted octanol–water partition coefficient (Wildman–Crippen LogP) is 5.56. The number of amidine groups is 1. The largest absolute Gasteiger partial charge is 0.497 e. The smallest absolute Gasteiger partial charge is 0.283 e. The lowest BCUT2D eigenvalue weighted by Gasteiger charge is -2.18. The summed E-state index contributed by atoms with van der Waals surface area (Å²) in [4.78, 5) is 18.7. The summed E-state index contributed by atoms with van der Waals surface area (Å²) < 4.78 is 30.8. The Balaban J connectivity index is 1.94. The second-order valence-electron chi connectivity index (χ2n) is 6.79. The highest BCUT2D eigenvalue weighted by molar-refractivity contribution is 8.14. The van der Waals surface area contributed by atoms with Gasteiger partial charge in [-0.25, -0.2) is 13.8 Å². The van der Waals surface area contributed by atoms with E-state index in [9.17, 15) is 13.6 Å². The van der Waals surface area contributed by atoms with E-state index in [2.05, 4.69) is 18.8 Å². The van der Waals surface area contributed by atoms with Crippen LogP contribution in [-0.4, -0.2) is 30.4 Å². The molecule has 29 heavy (non-hydrogen) atoms. The molecule has 0 unspecified atom stereocenters. The maximum atomic E-state index is 13.0. The van der Waals surface area contributed by atoms with Crippen LogP contribution in [0.2, 0.25) is 0 Å². The summed E-state index contributed by atoms with van der Waals surface area (Å²) in [5.41, 5.74) is 2.75. The Morgan fingerprint density at radius 2 is 1.90 bits per heavy atom. The molecule has 1 aliphatic rings. The van der Waals surface area contributed by atoms with Crippen molar-refractivity contribution < 1.29 is 18.3 Å². The Bertz CT molecular complexity index is 940. The molecule has 0 bridgehead atoms. The fourth-order valence-corrected chi connectivity index (χ4v) is 3.60. The number of hydrogen-bond donors (Lipinski definition) is 0. The van der Waals surface area contributed by atoms with Gasteiger partial charge >= 0.3 is 0 Å². The first-order valence-electron chi connectivity index (χ1n) is 9.19. The minimum absolute atomic E-state index is 0.210. The number of halogens is 2. The normalized spacial score (nSPS) is 15.6. The molecule has 3 rings (SSSR count). The van der Waals surface area contributed by atoms with Gasteiger partial charge in [-0.05, 0) is 35.3 Å². The number of anilines is 1. The van der Waals surface area contributed by atoms with E-state index in [0.717, 1.165) is 17.3 Å². The molecule has 0 N–H and O–H groups in total. The van der Waals surface area contributed by atoms with Crippen LogP contribution < -0.4 is 9.64 Å². The van der Waals surface area contributed by atoms with E-state index in [0.29, 0.717) is 17.4 Å². The van der Waals surface area contributed by atoms with Gasteiger partial charge in [0.2, 0.25) is 6.43 Å². The van der Waals surface area contributed by atoms with Gasteiger partial charge in [0, 0.05) is 6.07 Å². The molecule has 0 atom stereocenters. The number of methoxy groups -OCH3 is 1. The molecule has 7 heteroatoms. The van der Waals surface area contributed by atoms with Crippen LogP contribution in [0.5, 0.6) is 5.75 Å². The number of amides is 1. The Morgan fingerprint density at radius 1 is 1.17 bits per heavy atom. The van der Waals surface area contributed by atoms with Crippen LogP contribution in [0.15, 0.2) is 59.2 Å². The number of carbonyl (C=O) groups is 1. The molecule has 0 saturated heterocycles. The fourth-order valence-electron chi connectivity index (χ4n) is 2.84. The second kappa shape index (κ2) is 9.22. The lowest BCUT2D eigenvalue weighted by molar-refractivity contribution is -0.113. The zero-order valence-corrected chi connectivity index (χ0v) is 17.2. The number of aliphatic imine (C=N–C) groups is 1. The highest BCUT2D eigenvalue weighted by Gasteiger charge is 2.32. The minimum Gasteiger partial charge on any atom is -0.497 e. The van der Waals surface area contributed by atoms with Crippen molar-refractivity contribution in [3.05, 3.63) is 65.4 Å². The van der Waals surface area contributed by atoms with Gasteiger partial charge in [0.25, 0.3) is 5.91 Å². The van der Waals surface area contributed by atoms with Crippen molar-refractivity contribution in [2.24, 2.45) is 4.99 Å². The monoisotopic (exact) mass is 416 g/mol. The molecular formula is C22H22F2N2O2S. The van der Waals surface area contributed by atoms with E-state index in [1.54, 1.807) is 30.3 Å². The van der Waals surface area contributed by atoms with Crippen molar-refractivity contribution >= 4 is 34.6 Å². The van der Waals surface area contributed by atoms with Crippen LogP contribution in [-0.2, 0) is 4.79 Å². The summed E-state index contributed by atoms with van der Waals surface area (Å²) in [5.74, 6) is 0.171. The van der Waals surface area contributed by atoms with E-state index in [1.165, 1.54) is 17.6 Å². The molecule has 1 amide bonds. The van der Waals surface area contributed by atoms with E-state index >= 15 is 0 Å². The van der Waals surface area contributed by atoms with Crippen molar-refractivity contribution in [1.29, 1.82) is 0 Å². The molecule has 1 heterocycles. The summed E-state index contributed by atoms with van der Waals surface area (Å²) in [5, 5.41) is 0.230. The van der Waals surface area contributed by atoms with Crippen molar-refractivity contribution in [2.45, 2.75) is 26.2 Å². The van der Waals surface area contributed by atoms with Crippen molar-refractivity contribution in [2.75, 3.05) is 17.8 Å². The number of ether oxygens (including phenoxy) is 1. The quantitative estimate of drug-likeness (QED) is 0.579. The SMILES string of the molecule is COc1cccc(N2C(=O)C(=Cc3ccc(C(C)C)cc3)N=C2SCC(F)F)c1. The Morgan fingerprint density at radius 3 is 2.52 bits per heavy atom. The van der Waals surface area contributed by atoms with Crippen LogP contribution in [0.3, 0.4) is 0 Å². The fraction of sp³-hybridized carbons (Fsp3) is 0.273. The van der Waals surface area contributed by atoms with Gasteiger partial charge < -0.3 is 4.74 Å². The summed E-state index contributed by atoms with van der Waals surface area (Å²) in [7, 11) is 1.53. The molecule has 2 aromatic carbocycles. The molecule has 0 spiro atoms. The topological polar surface area (TPSA) is 41.9 Å². The maximum Gasteiger partial charge on any atom is 0.283 e. The third kappa shape index (κ3) is 5.03. The number of hydrogen-bond acceptors (Lipinski definition) is 4. The van der Waals surface area contributed by atoms with Gasteiger partial charge in [-0.1, -0.05) is 55.9 Å². The predicted molar refractivity (Wildman–Crippen MR) is 115 cm³/mol. The van der Waals surface area contributed by atoms with Crippen LogP contribution in [0.25, 0.3) is 6.08 Å². The highest BCUT2D eigenvalue weighted by atomic mass is 32.2. The Hall–Kier alpha value is -2.67. The molecule has 0 aromatic heterocycles. The molecular weight excluding hydrogens is 394 g/mol. The molecule has 0 radical (unpaired) electrons. The molecule has 2 aromatic rings. The van der Waals surface area contributed by atoms with Gasteiger partial charge in [0.05, 0.1) is 18.6 Å². The number of rotatable bonds is 6. The first kappa shape index (κ1) is 21.0. The Kier molecular flexibility index (Phi) is 6.69. The molecule has 1 aliphatic heterocycles. The Labute approximate surface area is 173 Å². The third-order valence-corrected chi connectivity index (χ3v) is 5.34. The van der Waals surface area contributed by atoms with E-state index in [1.807, 2.05) is 24.3 Å². The lowest BCUT2D eigenvalue weighted by atomic mass is 10.0. The number of nitrogens with zero attached hydrogens (tertiary/aromatic N) is 2. The van der Waals surface area contributed by atoms with Gasteiger partial charge in [0.1, 0.15) is 11.4 Å². The van der Waals surface area contributed by atoms with Crippen LogP contribution >= 0.6 is 11.8 Å². The molecule has 0 saturated carbocycles. The summed E-state index contributed by atoms with van der Waals surface area (Å²) in [6, 6.07) is 14.7. The van der Waals surface area contributed by atoms with E-state index in [-0.39, 0.29) is 16.8 Å². The van der Waals surface area contributed by atoms with Crippen LogP contribution in [0, 0.1) is 0 Å². The van der Waals surface area contributed by atoms with Crippen molar-refractivity contribution in [1.82, 2.24) is 0 Å². The summed E-state index contributed by atoms with van der Waals surface area (Å²) >= 11 is 0.856. The summed E-state index contributed by atoms with van der Waals surface area (Å²) in [6.45, 7) is 4.22. The number of benzene rings is 2. The molecule has 152 valence electrons. The maximum absolute atomic E-state index is 13.0. The minimum atomic E-state index is -2.50. The van der Waals surface area contributed by atoms with Gasteiger partial charge in [0.15, 0.2) is 5.17 Å². The number of thioether (sulfide) groups is 1. The third-order valence-electron chi connectivity index (χ3n) is 4.39. The molecule has 0 fully saturated rings. The van der Waals surface area contributed by atoms with Crippen molar-refractivity contribution in [3.63, 3.8) is 0 Å².